The molecular formula is C16H16N2OS. The lowest BCUT2D eigenvalue weighted by molar-refractivity contribution is 0.103. The Kier molecular flexibility index (Phi) is 4.48. The van der Waals surface area contributed by atoms with E-state index >= 15 is 0 Å². The highest BCUT2D eigenvalue weighted by molar-refractivity contribution is 7.80. The number of benzene rings is 2. The van der Waals surface area contributed by atoms with E-state index in [1.165, 1.54) is 0 Å². The van der Waals surface area contributed by atoms with Crippen LogP contribution in [0.15, 0.2) is 48.5 Å². The summed E-state index contributed by atoms with van der Waals surface area (Å²) in [5, 5.41) is 6.36. The van der Waals surface area contributed by atoms with E-state index in [1.807, 2.05) is 55.5 Å². The summed E-state index contributed by atoms with van der Waals surface area (Å²) in [5.41, 5.74) is 3.03. The molecular weight excluding hydrogens is 268 g/mol. The number of nitrogens with one attached hydrogen (secondary N) is 2. The minimum atomic E-state index is -0.0179. The third-order valence-corrected chi connectivity index (χ3v) is 3.24. The minimum Gasteiger partial charge on any atom is -0.366 e. The molecule has 0 saturated carbocycles. The second kappa shape index (κ2) is 6.30. The monoisotopic (exact) mass is 284 g/mol. The number of rotatable bonds is 3. The maximum atomic E-state index is 12.6. The van der Waals surface area contributed by atoms with Gasteiger partial charge in [0.15, 0.2) is 10.9 Å². The van der Waals surface area contributed by atoms with Crippen molar-refractivity contribution in [1.29, 1.82) is 0 Å². The Hall–Kier alpha value is -2.20. The van der Waals surface area contributed by atoms with Gasteiger partial charge in [-0.05, 0) is 31.3 Å². The van der Waals surface area contributed by atoms with Crippen molar-refractivity contribution in [1.82, 2.24) is 5.32 Å². The Morgan fingerprint density at radius 1 is 1.10 bits per heavy atom. The number of thiocarbonyl (C=S) groups is 1. The Bertz CT molecular complexity index is 638. The topological polar surface area (TPSA) is 41.1 Å². The molecule has 0 aliphatic carbocycles. The molecule has 0 unspecified atom stereocenters. The first kappa shape index (κ1) is 14.2. The summed E-state index contributed by atoms with van der Waals surface area (Å²) in [6.07, 6.45) is 0. The first-order valence-corrected chi connectivity index (χ1v) is 6.72. The smallest absolute Gasteiger partial charge is 0.195 e. The molecule has 0 radical (unpaired) electrons. The molecule has 0 saturated heterocycles. The summed E-state index contributed by atoms with van der Waals surface area (Å²) >= 11 is 5.10. The third-order valence-electron chi connectivity index (χ3n) is 2.93. The van der Waals surface area contributed by atoms with Crippen LogP contribution in [-0.2, 0) is 0 Å². The molecule has 0 spiro atoms. The Balaban J connectivity index is 2.41. The van der Waals surface area contributed by atoms with Crippen LogP contribution in [0.2, 0.25) is 0 Å². The highest BCUT2D eigenvalue weighted by atomic mass is 32.1. The van der Waals surface area contributed by atoms with Crippen molar-refractivity contribution in [3.8, 4) is 0 Å². The predicted molar refractivity (Wildman–Crippen MR) is 86.3 cm³/mol. The number of aryl methyl sites for hydroxylation is 1. The van der Waals surface area contributed by atoms with Crippen molar-refractivity contribution in [3.63, 3.8) is 0 Å². The van der Waals surface area contributed by atoms with E-state index in [2.05, 4.69) is 10.6 Å². The number of carbonyl (C=O) groups excluding carboxylic acids is 1. The lowest BCUT2D eigenvalue weighted by Crippen LogP contribution is -2.25. The van der Waals surface area contributed by atoms with E-state index in [0.29, 0.717) is 21.9 Å². The van der Waals surface area contributed by atoms with Crippen molar-refractivity contribution in [2.75, 3.05) is 12.4 Å². The maximum Gasteiger partial charge on any atom is 0.195 e. The molecule has 102 valence electrons. The van der Waals surface area contributed by atoms with Gasteiger partial charge in [-0.3, -0.25) is 4.79 Å². The molecule has 3 nitrogen and oxygen atoms in total. The van der Waals surface area contributed by atoms with Gasteiger partial charge >= 0.3 is 0 Å². The van der Waals surface area contributed by atoms with Gasteiger partial charge in [-0.15, -0.1) is 0 Å². The van der Waals surface area contributed by atoms with Crippen LogP contribution in [-0.4, -0.2) is 17.9 Å². The fourth-order valence-electron chi connectivity index (χ4n) is 1.88. The largest absolute Gasteiger partial charge is 0.366 e. The molecule has 4 heteroatoms. The van der Waals surface area contributed by atoms with E-state index in [-0.39, 0.29) is 5.78 Å². The van der Waals surface area contributed by atoms with Gasteiger partial charge in [0.25, 0.3) is 0 Å². The second-order valence-electron chi connectivity index (χ2n) is 4.45. The predicted octanol–water partition coefficient (Wildman–Crippen LogP) is 3.14. The van der Waals surface area contributed by atoms with E-state index in [4.69, 9.17) is 12.2 Å². The highest BCUT2D eigenvalue weighted by Gasteiger charge is 2.14. The quantitative estimate of drug-likeness (QED) is 0.671. The van der Waals surface area contributed by atoms with Crippen LogP contribution in [0.25, 0.3) is 0 Å². The number of hydrogen-bond donors (Lipinski definition) is 2. The average Bonchev–Trinajstić information content (AvgIpc) is 2.49. The molecule has 0 aliphatic rings. The fraction of sp³-hybridized carbons (Fsp3) is 0.125. The number of ketones is 1. The summed E-state index contributed by atoms with van der Waals surface area (Å²) in [6.45, 7) is 1.96. The fourth-order valence-corrected chi connectivity index (χ4v) is 1.99. The number of carbonyl (C=O) groups is 1. The summed E-state index contributed by atoms with van der Waals surface area (Å²) < 4.78 is 0. The van der Waals surface area contributed by atoms with Crippen LogP contribution in [0.1, 0.15) is 21.5 Å². The van der Waals surface area contributed by atoms with Crippen LogP contribution in [0.3, 0.4) is 0 Å². The SMILES string of the molecule is CNC(=S)Nc1ccc(C)cc1C(=O)c1ccccc1. The summed E-state index contributed by atoms with van der Waals surface area (Å²) in [7, 11) is 1.74. The summed E-state index contributed by atoms with van der Waals surface area (Å²) in [6, 6.07) is 14.9. The van der Waals surface area contributed by atoms with Gasteiger partial charge in [-0.25, -0.2) is 0 Å². The molecule has 0 aliphatic heterocycles. The van der Waals surface area contributed by atoms with Crippen LogP contribution in [0.4, 0.5) is 5.69 Å². The lowest BCUT2D eigenvalue weighted by Gasteiger charge is -2.12. The molecule has 2 aromatic rings. The third kappa shape index (κ3) is 3.22. The normalized spacial score (nSPS) is 9.90. The van der Waals surface area contributed by atoms with Crippen molar-refractivity contribution in [2.24, 2.45) is 0 Å². The molecule has 2 aromatic carbocycles. The maximum absolute atomic E-state index is 12.6. The van der Waals surface area contributed by atoms with Gasteiger partial charge in [-0.1, -0.05) is 42.0 Å². The van der Waals surface area contributed by atoms with E-state index < -0.39 is 0 Å². The standard InChI is InChI=1S/C16H16N2OS/c1-11-8-9-14(18-16(20)17-2)13(10-11)15(19)12-6-4-3-5-7-12/h3-10H,1-2H3,(H2,17,18,20). The van der Waals surface area contributed by atoms with Crippen LogP contribution < -0.4 is 10.6 Å². The first-order chi connectivity index (χ1) is 9.61. The van der Waals surface area contributed by atoms with Crippen LogP contribution >= 0.6 is 12.2 Å². The summed E-state index contributed by atoms with van der Waals surface area (Å²) in [4.78, 5) is 12.6. The first-order valence-electron chi connectivity index (χ1n) is 6.31. The molecule has 0 atom stereocenters. The van der Waals surface area contributed by atoms with E-state index in [9.17, 15) is 4.79 Å². The zero-order valence-corrected chi connectivity index (χ0v) is 12.3. The van der Waals surface area contributed by atoms with Gasteiger partial charge in [0.05, 0.1) is 5.69 Å². The minimum absolute atomic E-state index is 0.0179. The molecule has 0 amide bonds. The Morgan fingerprint density at radius 3 is 2.45 bits per heavy atom. The van der Waals surface area contributed by atoms with Gasteiger partial charge in [0.2, 0.25) is 0 Å². The molecule has 2 rings (SSSR count). The number of hydrogen-bond acceptors (Lipinski definition) is 2. The molecule has 0 aromatic heterocycles. The van der Waals surface area contributed by atoms with Crippen molar-refractivity contribution < 1.29 is 4.79 Å². The lowest BCUT2D eigenvalue weighted by atomic mass is 10.00. The van der Waals surface area contributed by atoms with Gasteiger partial charge in [0.1, 0.15) is 0 Å². The molecule has 0 heterocycles. The van der Waals surface area contributed by atoms with Crippen molar-refractivity contribution in [3.05, 3.63) is 65.2 Å². The molecule has 20 heavy (non-hydrogen) atoms. The Morgan fingerprint density at radius 2 is 1.80 bits per heavy atom. The van der Waals surface area contributed by atoms with Gasteiger partial charge < -0.3 is 10.6 Å². The Labute approximate surface area is 124 Å². The second-order valence-corrected chi connectivity index (χ2v) is 4.86. The number of anilines is 1. The van der Waals surface area contributed by atoms with Gasteiger partial charge in [0, 0.05) is 18.2 Å². The highest BCUT2D eigenvalue weighted by Crippen LogP contribution is 2.21. The molecule has 2 N–H and O–H groups in total. The molecule has 0 fully saturated rings. The van der Waals surface area contributed by atoms with Crippen LogP contribution in [0, 0.1) is 6.92 Å². The summed E-state index contributed by atoms with van der Waals surface area (Å²) in [5.74, 6) is -0.0179. The van der Waals surface area contributed by atoms with Crippen LogP contribution in [0.5, 0.6) is 0 Å². The van der Waals surface area contributed by atoms with Gasteiger partial charge in [-0.2, -0.15) is 0 Å². The zero-order valence-electron chi connectivity index (χ0n) is 11.4. The zero-order chi connectivity index (χ0) is 14.5. The molecule has 0 bridgehead atoms. The van der Waals surface area contributed by atoms with E-state index in [0.717, 1.165) is 5.56 Å². The van der Waals surface area contributed by atoms with Crippen molar-refractivity contribution >= 4 is 28.8 Å². The average molecular weight is 284 g/mol. The van der Waals surface area contributed by atoms with Crippen molar-refractivity contribution in [2.45, 2.75) is 6.92 Å². The van der Waals surface area contributed by atoms with E-state index in [1.54, 1.807) is 7.05 Å².